The Labute approximate surface area is 619 Å². The van der Waals surface area contributed by atoms with E-state index in [2.05, 4.69) is 41.5 Å². The lowest BCUT2D eigenvalue weighted by atomic mass is 9.99. The number of unbranched alkanes of at least 4 members (excludes halogenated alkanes) is 50. The standard InChI is InChI=1S/C82H160O17P2/c1-7-10-12-14-16-18-20-21-22-23-24-25-26-31-36-42-48-54-60-66-81(86)98-78(71-93-80(85)65-59-53-47-41-35-30-28-27-29-34-39-45-51-57-63-75(6)9-3)73-97-101(90,91)95-69-76(83)68-94-100(88,89)96-72-77(70-92-79(84)64-58-52-46-40-19-17-15-13-11-8-2)99-82(87)67-61-55-49-43-37-32-33-38-44-50-56-62-74(4)5/h74-78,83H,7-73H2,1-6H3,(H,88,89)(H,90,91)/t75?,76-,77+,78+/m0/s1. The minimum absolute atomic E-state index is 0.107. The van der Waals surface area contributed by atoms with Crippen LogP contribution in [0.3, 0.4) is 0 Å². The van der Waals surface area contributed by atoms with Crippen LogP contribution in [0, 0.1) is 11.8 Å². The lowest BCUT2D eigenvalue weighted by molar-refractivity contribution is -0.161. The molecular formula is C82H160O17P2. The molecule has 101 heavy (non-hydrogen) atoms. The van der Waals surface area contributed by atoms with Gasteiger partial charge in [-0.1, -0.05) is 382 Å². The maximum absolute atomic E-state index is 13.1. The number of aliphatic hydroxyl groups excluding tert-OH is 1. The van der Waals surface area contributed by atoms with E-state index in [0.717, 1.165) is 102 Å². The van der Waals surface area contributed by atoms with Crippen LogP contribution in [0.5, 0.6) is 0 Å². The number of hydrogen-bond acceptors (Lipinski definition) is 15. The SMILES string of the molecule is CCCCCCCCCCCCCCCCCCCCCC(=O)O[C@H](COC(=O)CCCCCCCCCCCCCCCCC(C)CC)COP(=O)(O)OC[C@@H](O)COP(=O)(O)OC[C@@H](COC(=O)CCCCCCCCCCCC)OC(=O)CCCCCCCCCCCCCC(C)C. The summed E-state index contributed by atoms with van der Waals surface area (Å²) in [5, 5.41) is 10.6. The molecular weight excluding hydrogens is 1320 g/mol. The van der Waals surface area contributed by atoms with Crippen LogP contribution in [0.4, 0.5) is 0 Å². The number of phosphoric ester groups is 2. The van der Waals surface area contributed by atoms with Gasteiger partial charge in [0, 0.05) is 25.7 Å². The van der Waals surface area contributed by atoms with Crippen molar-refractivity contribution in [2.24, 2.45) is 11.8 Å². The molecule has 0 aliphatic heterocycles. The normalized spacial score (nSPS) is 14.2. The topological polar surface area (TPSA) is 237 Å². The van der Waals surface area contributed by atoms with E-state index in [9.17, 15) is 43.2 Å². The van der Waals surface area contributed by atoms with E-state index in [1.54, 1.807) is 0 Å². The van der Waals surface area contributed by atoms with Crippen molar-refractivity contribution >= 4 is 39.5 Å². The Morgan fingerprint density at radius 3 is 0.752 bits per heavy atom. The largest absolute Gasteiger partial charge is 0.472 e. The Bertz CT molecular complexity index is 1940. The molecule has 0 aromatic rings. The minimum atomic E-state index is -4.96. The Hall–Kier alpha value is -1.94. The van der Waals surface area contributed by atoms with E-state index in [1.807, 2.05) is 0 Å². The number of esters is 4. The van der Waals surface area contributed by atoms with Crippen molar-refractivity contribution in [2.45, 2.75) is 452 Å². The summed E-state index contributed by atoms with van der Waals surface area (Å²) in [5.74, 6) is -0.491. The summed E-state index contributed by atoms with van der Waals surface area (Å²) in [7, 11) is -9.92. The molecule has 0 rings (SSSR count). The molecule has 0 aromatic carbocycles. The van der Waals surface area contributed by atoms with Gasteiger partial charge in [-0.15, -0.1) is 0 Å². The van der Waals surface area contributed by atoms with Gasteiger partial charge in [0.05, 0.1) is 26.4 Å². The molecule has 19 heteroatoms. The first-order valence-corrected chi connectivity index (χ1v) is 45.5. The Kier molecular flexibility index (Phi) is 72.2. The van der Waals surface area contributed by atoms with Crippen LogP contribution < -0.4 is 0 Å². The first-order chi connectivity index (χ1) is 48.9. The molecule has 3 N–H and O–H groups in total. The Balaban J connectivity index is 5.24. The third-order valence-electron chi connectivity index (χ3n) is 19.6. The Morgan fingerprint density at radius 1 is 0.287 bits per heavy atom. The van der Waals surface area contributed by atoms with Crippen LogP contribution in [0.2, 0.25) is 0 Å². The molecule has 0 aromatic heterocycles. The predicted molar refractivity (Wildman–Crippen MR) is 414 cm³/mol. The monoisotopic (exact) mass is 1480 g/mol. The molecule has 3 unspecified atom stereocenters. The van der Waals surface area contributed by atoms with Gasteiger partial charge in [-0.2, -0.15) is 0 Å². The summed E-state index contributed by atoms with van der Waals surface area (Å²) < 4.78 is 68.7. The van der Waals surface area contributed by atoms with E-state index in [0.29, 0.717) is 25.7 Å². The first-order valence-electron chi connectivity index (χ1n) is 42.5. The molecule has 0 fully saturated rings. The van der Waals surface area contributed by atoms with E-state index in [-0.39, 0.29) is 25.7 Å². The number of rotatable bonds is 81. The number of phosphoric acid groups is 2. The van der Waals surface area contributed by atoms with Crippen molar-refractivity contribution in [2.75, 3.05) is 39.6 Å². The summed E-state index contributed by atoms with van der Waals surface area (Å²) >= 11 is 0. The molecule has 0 aliphatic carbocycles. The number of ether oxygens (including phenoxy) is 4. The van der Waals surface area contributed by atoms with Crippen molar-refractivity contribution in [3.8, 4) is 0 Å². The van der Waals surface area contributed by atoms with E-state index < -0.39 is 97.5 Å². The van der Waals surface area contributed by atoms with Crippen LogP contribution >= 0.6 is 15.6 Å². The highest BCUT2D eigenvalue weighted by Gasteiger charge is 2.30. The molecule has 0 heterocycles. The number of hydrogen-bond donors (Lipinski definition) is 3. The van der Waals surface area contributed by atoms with Crippen LogP contribution in [0.15, 0.2) is 0 Å². The average molecular weight is 1480 g/mol. The van der Waals surface area contributed by atoms with Crippen LogP contribution in [-0.2, 0) is 65.4 Å². The van der Waals surface area contributed by atoms with Crippen molar-refractivity contribution in [1.29, 1.82) is 0 Å². The summed E-state index contributed by atoms with van der Waals surface area (Å²) in [4.78, 5) is 73.0. The molecule has 17 nitrogen and oxygen atoms in total. The van der Waals surface area contributed by atoms with Crippen LogP contribution in [-0.4, -0.2) is 96.7 Å². The summed E-state index contributed by atoms with van der Waals surface area (Å²) in [6.07, 6.45) is 63.7. The van der Waals surface area contributed by atoms with Crippen LogP contribution in [0.25, 0.3) is 0 Å². The lowest BCUT2D eigenvalue weighted by Gasteiger charge is -2.21. The third kappa shape index (κ3) is 74.7. The molecule has 0 radical (unpaired) electrons. The van der Waals surface area contributed by atoms with Crippen LogP contribution in [0.1, 0.15) is 433 Å². The van der Waals surface area contributed by atoms with Gasteiger partial charge in [0.25, 0.3) is 0 Å². The zero-order valence-electron chi connectivity index (χ0n) is 66.2. The fraction of sp³-hybridized carbons (Fsp3) is 0.951. The smallest absolute Gasteiger partial charge is 0.462 e. The average Bonchev–Trinajstić information content (AvgIpc) is 0.948. The van der Waals surface area contributed by atoms with Gasteiger partial charge in [-0.25, -0.2) is 9.13 Å². The summed E-state index contributed by atoms with van der Waals surface area (Å²) in [6.45, 7) is 9.69. The highest BCUT2D eigenvalue weighted by atomic mass is 31.2. The van der Waals surface area contributed by atoms with Gasteiger partial charge in [0.15, 0.2) is 12.2 Å². The van der Waals surface area contributed by atoms with Gasteiger partial charge < -0.3 is 33.8 Å². The maximum Gasteiger partial charge on any atom is 0.472 e. The predicted octanol–water partition coefficient (Wildman–Crippen LogP) is 24.7. The van der Waals surface area contributed by atoms with Crippen molar-refractivity contribution in [3.63, 3.8) is 0 Å². The molecule has 600 valence electrons. The van der Waals surface area contributed by atoms with Gasteiger partial charge in [-0.3, -0.25) is 37.3 Å². The molecule has 0 spiro atoms. The molecule has 0 aliphatic rings. The van der Waals surface area contributed by atoms with Crippen molar-refractivity contribution < 1.29 is 80.2 Å². The van der Waals surface area contributed by atoms with Gasteiger partial charge in [-0.05, 0) is 37.5 Å². The fourth-order valence-corrected chi connectivity index (χ4v) is 14.3. The van der Waals surface area contributed by atoms with Gasteiger partial charge in [0.2, 0.25) is 0 Å². The zero-order chi connectivity index (χ0) is 74.2. The van der Waals surface area contributed by atoms with Gasteiger partial charge in [0.1, 0.15) is 19.3 Å². The molecule has 0 saturated carbocycles. The Morgan fingerprint density at radius 2 is 0.505 bits per heavy atom. The second-order valence-corrected chi connectivity index (χ2v) is 33.1. The maximum atomic E-state index is 13.1. The molecule has 0 bridgehead atoms. The van der Waals surface area contributed by atoms with Crippen molar-refractivity contribution in [1.82, 2.24) is 0 Å². The zero-order valence-corrected chi connectivity index (χ0v) is 68.0. The third-order valence-corrected chi connectivity index (χ3v) is 21.5. The molecule has 0 saturated heterocycles. The molecule has 0 amide bonds. The summed E-state index contributed by atoms with van der Waals surface area (Å²) in [5.41, 5.74) is 0. The van der Waals surface area contributed by atoms with E-state index in [1.165, 1.54) is 250 Å². The highest BCUT2D eigenvalue weighted by molar-refractivity contribution is 7.47. The highest BCUT2D eigenvalue weighted by Crippen LogP contribution is 2.45. The lowest BCUT2D eigenvalue weighted by Crippen LogP contribution is -2.30. The van der Waals surface area contributed by atoms with E-state index >= 15 is 0 Å². The fourth-order valence-electron chi connectivity index (χ4n) is 12.7. The second-order valence-electron chi connectivity index (χ2n) is 30.2. The van der Waals surface area contributed by atoms with Gasteiger partial charge >= 0.3 is 39.5 Å². The summed E-state index contributed by atoms with van der Waals surface area (Å²) in [6, 6.07) is 0. The molecule has 6 atom stereocenters. The quantitative estimate of drug-likeness (QED) is 0.0222. The van der Waals surface area contributed by atoms with E-state index in [4.69, 9.17) is 37.0 Å². The number of carbonyl (C=O) groups is 4. The van der Waals surface area contributed by atoms with Crippen molar-refractivity contribution in [3.05, 3.63) is 0 Å². The number of carbonyl (C=O) groups excluding carboxylic acids is 4. The first kappa shape index (κ1) is 99.1. The second kappa shape index (κ2) is 73.6. The minimum Gasteiger partial charge on any atom is -0.462 e. The number of aliphatic hydroxyl groups is 1.